The highest BCUT2D eigenvalue weighted by Gasteiger charge is 2.71. The number of halogens is 6. The zero-order chi connectivity index (χ0) is 28.5. The first-order valence-corrected chi connectivity index (χ1v) is 12.3. The minimum atomic E-state index is -5.96. The van der Waals surface area contributed by atoms with Crippen LogP contribution >= 0.6 is 0 Å². The molecule has 3 aromatic carbocycles. The minimum absolute atomic E-state index is 0.214. The number of aliphatic hydroxyl groups is 1. The zero-order valence-electron chi connectivity index (χ0n) is 21.1. The van der Waals surface area contributed by atoms with E-state index in [1.807, 2.05) is 67.6 Å². The zero-order valence-corrected chi connectivity index (χ0v) is 21.1. The Morgan fingerprint density at radius 1 is 0.872 bits per heavy atom. The van der Waals surface area contributed by atoms with Gasteiger partial charge in [0, 0.05) is 31.1 Å². The Balaban J connectivity index is 1.62. The van der Waals surface area contributed by atoms with E-state index in [0.717, 1.165) is 11.1 Å². The molecule has 2 atom stereocenters. The van der Waals surface area contributed by atoms with Crippen LogP contribution in [0.4, 0.5) is 31.1 Å². The molecule has 4 nitrogen and oxygen atoms in total. The number of carbonyl (C=O) groups excluding carboxylic acids is 1. The molecule has 1 heterocycles. The van der Waals surface area contributed by atoms with E-state index in [0.29, 0.717) is 37.2 Å². The summed E-state index contributed by atoms with van der Waals surface area (Å²) in [6.07, 6.45) is -11.4. The van der Waals surface area contributed by atoms with Crippen LogP contribution in [-0.2, 0) is 18.6 Å². The second kappa shape index (κ2) is 10.6. The number of nitrogens with one attached hydrogen (secondary N) is 1. The van der Waals surface area contributed by atoms with Gasteiger partial charge in [0.15, 0.2) is 0 Å². The third kappa shape index (κ3) is 5.75. The van der Waals surface area contributed by atoms with E-state index in [1.165, 1.54) is 12.1 Å². The second-order valence-corrected chi connectivity index (χ2v) is 10.2. The highest BCUT2D eigenvalue weighted by molar-refractivity contribution is 5.75. The lowest BCUT2D eigenvalue weighted by Crippen LogP contribution is -2.53. The molecule has 0 aromatic heterocycles. The molecular formula is C29H28F6N2O2. The molecule has 10 heteroatoms. The second-order valence-electron chi connectivity index (χ2n) is 10.2. The average molecular weight is 551 g/mol. The molecule has 1 aliphatic rings. The largest absolute Gasteiger partial charge is 0.430 e. The number of nitrogens with zero attached hydrogens (tertiary/aromatic N) is 1. The van der Waals surface area contributed by atoms with E-state index in [9.17, 15) is 36.2 Å². The molecule has 2 N–H and O–H groups in total. The van der Waals surface area contributed by atoms with E-state index in [-0.39, 0.29) is 18.5 Å². The molecule has 0 spiro atoms. The molecule has 0 bridgehead atoms. The first-order chi connectivity index (χ1) is 18.2. The number of likely N-dealkylation sites (tertiary alicyclic amines) is 1. The fourth-order valence-electron chi connectivity index (χ4n) is 5.29. The molecule has 39 heavy (non-hydrogen) atoms. The summed E-state index contributed by atoms with van der Waals surface area (Å²) in [7, 11) is 0. The lowest BCUT2D eigenvalue weighted by atomic mass is 9.72. The molecule has 0 unspecified atom stereocenters. The van der Waals surface area contributed by atoms with Gasteiger partial charge in [-0.2, -0.15) is 26.3 Å². The van der Waals surface area contributed by atoms with Gasteiger partial charge in [-0.3, -0.25) is 0 Å². The van der Waals surface area contributed by atoms with Crippen LogP contribution in [0.1, 0.15) is 35.1 Å². The molecule has 1 aliphatic heterocycles. The Morgan fingerprint density at radius 2 is 1.38 bits per heavy atom. The summed E-state index contributed by atoms with van der Waals surface area (Å²) in [6.45, 7) is 2.79. The third-order valence-electron chi connectivity index (χ3n) is 7.37. The van der Waals surface area contributed by atoms with Crippen LogP contribution in [0.2, 0.25) is 0 Å². The van der Waals surface area contributed by atoms with Crippen LogP contribution in [0.25, 0.3) is 0 Å². The summed E-state index contributed by atoms with van der Waals surface area (Å²) in [5.74, 6) is -0.390. The Labute approximate surface area is 222 Å². The van der Waals surface area contributed by atoms with Gasteiger partial charge in [-0.05, 0) is 28.5 Å². The number of alkyl halides is 6. The van der Waals surface area contributed by atoms with Crippen molar-refractivity contribution < 1.29 is 36.2 Å². The number of amides is 2. The van der Waals surface area contributed by atoms with Crippen molar-refractivity contribution in [3.8, 4) is 0 Å². The molecular weight excluding hydrogens is 522 g/mol. The first-order valence-electron chi connectivity index (χ1n) is 12.3. The molecule has 1 fully saturated rings. The van der Waals surface area contributed by atoms with Crippen LogP contribution in [-0.4, -0.2) is 41.5 Å². The molecule has 0 radical (unpaired) electrons. The van der Waals surface area contributed by atoms with Crippen LogP contribution in [0.5, 0.6) is 0 Å². The minimum Gasteiger partial charge on any atom is -0.369 e. The topological polar surface area (TPSA) is 52.6 Å². The number of hydrogen-bond donors (Lipinski definition) is 2. The summed E-state index contributed by atoms with van der Waals surface area (Å²) in [6, 6.07) is 22.1. The Bertz CT molecular complexity index is 1250. The maximum atomic E-state index is 13.4. The van der Waals surface area contributed by atoms with Gasteiger partial charge in [0.2, 0.25) is 0 Å². The predicted octanol–water partition coefficient (Wildman–Crippen LogP) is 6.56. The highest BCUT2D eigenvalue weighted by atomic mass is 19.4. The molecule has 1 saturated heterocycles. The van der Waals surface area contributed by atoms with Gasteiger partial charge < -0.3 is 15.3 Å². The van der Waals surface area contributed by atoms with Crippen molar-refractivity contribution in [2.24, 2.45) is 5.41 Å². The standard InChI is InChI=1S/C29H28F6N2O2/c1-26(16-20-8-4-2-5-9-20)19-37(25(38)36-17-21-10-6-3-7-11-21)18-24(26)22-12-14-23(15-13-22)27(39,28(30,31)32)29(33,34)35/h2-15,24,39H,16-19H2,1H3,(H,36,38)/t24-,26-/m1/s1. The van der Waals surface area contributed by atoms with Crippen molar-refractivity contribution in [2.75, 3.05) is 13.1 Å². The van der Waals surface area contributed by atoms with E-state index in [4.69, 9.17) is 0 Å². The number of carbonyl (C=O) groups is 1. The predicted molar refractivity (Wildman–Crippen MR) is 134 cm³/mol. The first kappa shape index (κ1) is 28.5. The number of hydrogen-bond acceptors (Lipinski definition) is 2. The van der Waals surface area contributed by atoms with Crippen LogP contribution in [0, 0.1) is 5.41 Å². The maximum absolute atomic E-state index is 13.4. The number of urea groups is 1. The lowest BCUT2D eigenvalue weighted by Gasteiger charge is -2.34. The van der Waals surface area contributed by atoms with Gasteiger partial charge in [-0.25, -0.2) is 4.79 Å². The molecule has 0 aliphatic carbocycles. The Hall–Kier alpha value is -3.53. The fraction of sp³-hybridized carbons (Fsp3) is 0.345. The summed E-state index contributed by atoms with van der Waals surface area (Å²) < 4.78 is 80.2. The van der Waals surface area contributed by atoms with Gasteiger partial charge in [0.05, 0.1) is 0 Å². The van der Waals surface area contributed by atoms with Gasteiger partial charge >= 0.3 is 18.4 Å². The van der Waals surface area contributed by atoms with Crippen molar-refractivity contribution in [3.05, 3.63) is 107 Å². The number of rotatable bonds is 6. The maximum Gasteiger partial charge on any atom is 0.430 e. The van der Waals surface area contributed by atoms with E-state index in [2.05, 4.69) is 5.32 Å². The van der Waals surface area contributed by atoms with Gasteiger partial charge in [0.25, 0.3) is 5.60 Å². The van der Waals surface area contributed by atoms with Crippen LogP contribution in [0.15, 0.2) is 84.9 Å². The monoisotopic (exact) mass is 550 g/mol. The van der Waals surface area contributed by atoms with Crippen LogP contribution < -0.4 is 5.32 Å². The third-order valence-corrected chi connectivity index (χ3v) is 7.37. The quantitative estimate of drug-likeness (QED) is 0.342. The lowest BCUT2D eigenvalue weighted by molar-refractivity contribution is -0.376. The van der Waals surface area contributed by atoms with Crippen molar-refractivity contribution in [2.45, 2.75) is 43.8 Å². The van der Waals surface area contributed by atoms with Gasteiger partial charge in [0.1, 0.15) is 0 Å². The summed E-state index contributed by atoms with van der Waals surface area (Å²) in [4.78, 5) is 14.7. The van der Waals surface area contributed by atoms with Crippen molar-refractivity contribution in [1.82, 2.24) is 10.2 Å². The molecule has 3 aromatic rings. The molecule has 0 saturated carbocycles. The summed E-state index contributed by atoms with van der Waals surface area (Å²) in [5, 5.41) is 12.6. The summed E-state index contributed by atoms with van der Waals surface area (Å²) in [5.41, 5.74) is -4.51. The molecule has 208 valence electrons. The molecule has 2 amide bonds. The van der Waals surface area contributed by atoms with Gasteiger partial charge in [-0.1, -0.05) is 91.9 Å². The smallest absolute Gasteiger partial charge is 0.369 e. The SMILES string of the molecule is C[C@@]1(Cc2ccccc2)CN(C(=O)NCc2ccccc2)C[C@@H]1c1ccc(C(O)(C(F)(F)F)C(F)(F)F)cc1. The average Bonchev–Trinajstić information content (AvgIpc) is 3.23. The molecule has 4 rings (SSSR count). The van der Waals surface area contributed by atoms with Crippen LogP contribution in [0.3, 0.4) is 0 Å². The van der Waals surface area contributed by atoms with E-state index >= 15 is 0 Å². The van der Waals surface area contributed by atoms with Crippen molar-refractivity contribution >= 4 is 6.03 Å². The highest BCUT2D eigenvalue weighted by Crippen LogP contribution is 2.51. The van der Waals surface area contributed by atoms with Crippen molar-refractivity contribution in [1.29, 1.82) is 0 Å². The van der Waals surface area contributed by atoms with Gasteiger partial charge in [-0.15, -0.1) is 0 Å². The Morgan fingerprint density at radius 3 is 1.90 bits per heavy atom. The Kier molecular flexibility index (Phi) is 7.71. The van der Waals surface area contributed by atoms with E-state index < -0.39 is 28.9 Å². The summed E-state index contributed by atoms with van der Waals surface area (Å²) >= 11 is 0. The fourth-order valence-corrected chi connectivity index (χ4v) is 5.29. The number of benzene rings is 3. The normalized spacial score (nSPS) is 20.2. The van der Waals surface area contributed by atoms with Crippen molar-refractivity contribution in [3.63, 3.8) is 0 Å². The van der Waals surface area contributed by atoms with E-state index in [1.54, 1.807) is 4.90 Å².